The van der Waals surface area contributed by atoms with E-state index in [2.05, 4.69) is 13.8 Å². The van der Waals surface area contributed by atoms with Crippen LogP contribution >= 0.6 is 11.8 Å². The van der Waals surface area contributed by atoms with E-state index in [0.717, 1.165) is 42.4 Å². The first-order valence-electron chi connectivity index (χ1n) is 11.5. The lowest BCUT2D eigenvalue weighted by Crippen LogP contribution is -2.39. The zero-order valence-electron chi connectivity index (χ0n) is 20.1. The Hall–Kier alpha value is -2.74. The fraction of sp³-hybridized carbons (Fsp3) is 0.480. The van der Waals surface area contributed by atoms with Gasteiger partial charge in [0.15, 0.2) is 5.17 Å². The third-order valence-corrected chi connectivity index (χ3v) is 6.60. The summed E-state index contributed by atoms with van der Waals surface area (Å²) >= 11 is 1.49. The van der Waals surface area contributed by atoms with Crippen LogP contribution in [0.2, 0.25) is 0 Å². The lowest BCUT2D eigenvalue weighted by molar-refractivity contribution is -0.136. The van der Waals surface area contributed by atoms with Gasteiger partial charge in [0.25, 0.3) is 0 Å². The monoisotopic (exact) mass is 471 g/mol. The standard InChI is InChI=1S/C25H33N3O4S/c1-6-12-27(13-7-2)21(29)15-18-16-33-25-26-20(8-3)22(24(30)32-5)23(28(18)25)17-10-9-11-19(14-17)31-4/h9-11,14,16,23H,6-8,12-13,15H2,1-5H3. The highest BCUT2D eigenvalue weighted by Gasteiger charge is 2.41. The van der Waals surface area contributed by atoms with E-state index in [1.54, 1.807) is 7.11 Å². The number of amidine groups is 1. The summed E-state index contributed by atoms with van der Waals surface area (Å²) in [6, 6.07) is 7.22. The van der Waals surface area contributed by atoms with Crippen LogP contribution in [0.15, 0.2) is 51.6 Å². The Morgan fingerprint density at radius 1 is 1.15 bits per heavy atom. The van der Waals surface area contributed by atoms with E-state index < -0.39 is 12.0 Å². The molecule has 1 atom stereocenters. The van der Waals surface area contributed by atoms with E-state index in [1.165, 1.54) is 18.9 Å². The SMILES string of the molecule is CCCN(CCC)C(=O)CC1=CSC2=NC(CC)=C(C(=O)OC)C(c3cccc(OC)c3)N12. The van der Waals surface area contributed by atoms with Gasteiger partial charge in [-0.1, -0.05) is 44.7 Å². The molecule has 7 nitrogen and oxygen atoms in total. The van der Waals surface area contributed by atoms with Crippen molar-refractivity contribution in [3.8, 4) is 5.75 Å². The lowest BCUT2D eigenvalue weighted by atomic mass is 9.92. The van der Waals surface area contributed by atoms with Gasteiger partial charge in [-0.15, -0.1) is 0 Å². The smallest absolute Gasteiger partial charge is 0.338 e. The largest absolute Gasteiger partial charge is 0.497 e. The maximum absolute atomic E-state index is 13.2. The van der Waals surface area contributed by atoms with Gasteiger partial charge in [0, 0.05) is 18.8 Å². The number of allylic oxidation sites excluding steroid dienone is 1. The highest BCUT2D eigenvalue weighted by atomic mass is 32.2. The number of carbonyl (C=O) groups is 2. The number of fused-ring (bicyclic) bond motifs is 1. The summed E-state index contributed by atoms with van der Waals surface area (Å²) in [5.74, 6) is 0.370. The number of aliphatic imine (C=N–C) groups is 1. The van der Waals surface area contributed by atoms with E-state index >= 15 is 0 Å². The molecule has 0 aromatic heterocycles. The van der Waals surface area contributed by atoms with Crippen LogP contribution in [0.3, 0.4) is 0 Å². The summed E-state index contributed by atoms with van der Waals surface area (Å²) in [4.78, 5) is 34.8. The Bertz CT molecular complexity index is 980. The third kappa shape index (κ3) is 5.27. The number of carbonyl (C=O) groups excluding carboxylic acids is 2. The van der Waals surface area contributed by atoms with Gasteiger partial charge in [-0.2, -0.15) is 0 Å². The van der Waals surface area contributed by atoms with Gasteiger partial charge < -0.3 is 19.3 Å². The van der Waals surface area contributed by atoms with Gasteiger partial charge >= 0.3 is 5.97 Å². The summed E-state index contributed by atoms with van der Waals surface area (Å²) in [7, 11) is 3.00. The zero-order chi connectivity index (χ0) is 24.0. The fourth-order valence-electron chi connectivity index (χ4n) is 4.21. The Morgan fingerprint density at radius 3 is 2.48 bits per heavy atom. The van der Waals surface area contributed by atoms with Crippen molar-refractivity contribution in [2.24, 2.45) is 4.99 Å². The molecule has 0 saturated heterocycles. The van der Waals surface area contributed by atoms with Gasteiger partial charge in [-0.25, -0.2) is 9.79 Å². The van der Waals surface area contributed by atoms with Gasteiger partial charge in [0.1, 0.15) is 5.75 Å². The Labute approximate surface area is 200 Å². The first kappa shape index (κ1) is 24.9. The molecule has 0 fully saturated rings. The third-order valence-electron chi connectivity index (χ3n) is 5.71. The first-order chi connectivity index (χ1) is 16.0. The van der Waals surface area contributed by atoms with Crippen LogP contribution in [-0.4, -0.2) is 54.2 Å². The van der Waals surface area contributed by atoms with Gasteiger partial charge in [0.05, 0.1) is 38.0 Å². The van der Waals surface area contributed by atoms with E-state index in [-0.39, 0.29) is 12.3 Å². The second-order valence-electron chi connectivity index (χ2n) is 7.93. The van der Waals surface area contributed by atoms with E-state index in [4.69, 9.17) is 14.5 Å². The Balaban J connectivity index is 2.04. The second kappa shape index (κ2) is 11.4. The number of rotatable bonds is 10. The van der Waals surface area contributed by atoms with E-state index in [9.17, 15) is 9.59 Å². The van der Waals surface area contributed by atoms with Crippen LogP contribution in [-0.2, 0) is 14.3 Å². The average Bonchev–Trinajstić information content (AvgIpc) is 3.24. The molecule has 8 heteroatoms. The molecule has 0 spiro atoms. The van der Waals surface area contributed by atoms with Gasteiger partial charge in [-0.05, 0) is 42.4 Å². The summed E-state index contributed by atoms with van der Waals surface area (Å²) in [5.41, 5.74) is 2.92. The fourth-order valence-corrected chi connectivity index (χ4v) is 5.14. The predicted molar refractivity (Wildman–Crippen MR) is 132 cm³/mol. The summed E-state index contributed by atoms with van der Waals surface area (Å²) in [6.07, 6.45) is 2.68. The van der Waals surface area contributed by atoms with Crippen molar-refractivity contribution in [2.45, 2.75) is 52.5 Å². The molecule has 0 saturated carbocycles. The average molecular weight is 472 g/mol. The molecule has 0 radical (unpaired) electrons. The number of methoxy groups -OCH3 is 2. The topological polar surface area (TPSA) is 71.4 Å². The van der Waals surface area contributed by atoms with Crippen LogP contribution in [0.5, 0.6) is 5.75 Å². The van der Waals surface area contributed by atoms with Crippen LogP contribution in [0.1, 0.15) is 58.1 Å². The normalized spacial score (nSPS) is 17.4. The second-order valence-corrected chi connectivity index (χ2v) is 8.77. The lowest BCUT2D eigenvalue weighted by Gasteiger charge is -2.37. The molecule has 2 heterocycles. The maximum atomic E-state index is 13.2. The molecule has 33 heavy (non-hydrogen) atoms. The minimum absolute atomic E-state index is 0.0843. The van der Waals surface area contributed by atoms with Crippen molar-refractivity contribution in [1.29, 1.82) is 0 Å². The molecule has 0 N–H and O–H groups in total. The van der Waals surface area contributed by atoms with Crippen molar-refractivity contribution in [2.75, 3.05) is 27.3 Å². The molecule has 1 unspecified atom stereocenters. The predicted octanol–water partition coefficient (Wildman–Crippen LogP) is 4.87. The van der Waals surface area contributed by atoms with Crippen LogP contribution in [0.4, 0.5) is 0 Å². The maximum Gasteiger partial charge on any atom is 0.338 e. The number of ether oxygens (including phenoxy) is 2. The summed E-state index contributed by atoms with van der Waals surface area (Å²) in [5, 5.41) is 2.75. The quantitative estimate of drug-likeness (QED) is 0.453. The molecule has 178 valence electrons. The number of amides is 1. The van der Waals surface area contributed by atoms with Gasteiger partial charge in [-0.3, -0.25) is 4.79 Å². The van der Waals surface area contributed by atoms with Crippen molar-refractivity contribution in [3.63, 3.8) is 0 Å². The van der Waals surface area contributed by atoms with Crippen molar-refractivity contribution < 1.29 is 19.1 Å². The molecular weight excluding hydrogens is 438 g/mol. The number of hydrogen-bond donors (Lipinski definition) is 0. The molecule has 1 aromatic rings. The van der Waals surface area contributed by atoms with E-state index in [1.807, 2.05) is 46.4 Å². The Kier molecular flexibility index (Phi) is 8.61. The first-order valence-corrected chi connectivity index (χ1v) is 12.3. The molecule has 3 rings (SSSR count). The van der Waals surface area contributed by atoms with Crippen LogP contribution < -0.4 is 4.74 Å². The Morgan fingerprint density at radius 2 is 1.88 bits per heavy atom. The summed E-state index contributed by atoms with van der Waals surface area (Å²) < 4.78 is 10.6. The summed E-state index contributed by atoms with van der Waals surface area (Å²) in [6.45, 7) is 7.61. The van der Waals surface area contributed by atoms with Crippen molar-refractivity contribution in [1.82, 2.24) is 9.80 Å². The zero-order valence-corrected chi connectivity index (χ0v) is 20.9. The number of esters is 1. The molecule has 2 aliphatic rings. The molecule has 0 bridgehead atoms. The minimum atomic E-state index is -0.449. The molecule has 0 aliphatic carbocycles. The van der Waals surface area contributed by atoms with Crippen molar-refractivity contribution in [3.05, 3.63) is 52.2 Å². The van der Waals surface area contributed by atoms with Crippen molar-refractivity contribution >= 4 is 28.8 Å². The number of thioether (sulfide) groups is 1. The number of hydrogen-bond acceptors (Lipinski definition) is 7. The molecule has 1 aromatic carbocycles. The molecule has 2 aliphatic heterocycles. The minimum Gasteiger partial charge on any atom is -0.497 e. The van der Waals surface area contributed by atoms with Gasteiger partial charge in [0.2, 0.25) is 5.91 Å². The van der Waals surface area contributed by atoms with Crippen LogP contribution in [0.25, 0.3) is 0 Å². The molecular formula is C25H33N3O4S. The highest BCUT2D eigenvalue weighted by Crippen LogP contribution is 2.46. The van der Waals surface area contributed by atoms with E-state index in [0.29, 0.717) is 23.4 Å². The highest BCUT2D eigenvalue weighted by molar-refractivity contribution is 8.16. The number of nitrogens with zero attached hydrogens (tertiary/aromatic N) is 3. The number of benzene rings is 1. The van der Waals surface area contributed by atoms with Crippen LogP contribution in [0, 0.1) is 0 Å². The molecule has 1 amide bonds.